The van der Waals surface area contributed by atoms with E-state index in [-0.39, 0.29) is 30.2 Å². The van der Waals surface area contributed by atoms with Crippen LogP contribution in [0.25, 0.3) is 0 Å². The molecule has 5 heteroatoms. The normalized spacial score (nSPS) is 27.1. The van der Waals surface area contributed by atoms with Crippen LogP contribution in [-0.4, -0.2) is 36.3 Å². The van der Waals surface area contributed by atoms with Crippen molar-refractivity contribution in [2.75, 3.05) is 13.6 Å². The van der Waals surface area contributed by atoms with Crippen molar-refractivity contribution in [3.05, 3.63) is 24.2 Å². The SMILES string of the molecule is CN(CC(=O)N[C@@H]1CC[C@@H]2CCCC[C@H]2C1)C(=O)c1ccco1. The number of nitrogens with one attached hydrogen (secondary N) is 1. The molecule has 0 spiro atoms. The molecule has 2 aliphatic rings. The van der Waals surface area contributed by atoms with Crippen molar-refractivity contribution in [1.82, 2.24) is 10.2 Å². The summed E-state index contributed by atoms with van der Waals surface area (Å²) < 4.78 is 5.08. The second-order valence-electron chi connectivity index (χ2n) is 7.02. The minimum Gasteiger partial charge on any atom is -0.459 e. The molecule has 5 nitrogen and oxygen atoms in total. The molecule has 0 saturated heterocycles. The number of likely N-dealkylation sites (N-methyl/N-ethyl adjacent to an activating group) is 1. The number of hydrogen-bond acceptors (Lipinski definition) is 3. The minimum absolute atomic E-state index is 0.0735. The summed E-state index contributed by atoms with van der Waals surface area (Å²) in [7, 11) is 1.63. The summed E-state index contributed by atoms with van der Waals surface area (Å²) in [5, 5.41) is 3.12. The van der Waals surface area contributed by atoms with Gasteiger partial charge in [0.05, 0.1) is 12.8 Å². The van der Waals surface area contributed by atoms with E-state index in [4.69, 9.17) is 4.42 Å². The van der Waals surface area contributed by atoms with Gasteiger partial charge in [-0.15, -0.1) is 0 Å². The van der Waals surface area contributed by atoms with Gasteiger partial charge >= 0.3 is 0 Å². The molecule has 126 valence electrons. The van der Waals surface area contributed by atoms with Crippen LogP contribution >= 0.6 is 0 Å². The van der Waals surface area contributed by atoms with Crippen molar-refractivity contribution in [1.29, 1.82) is 0 Å². The number of fused-ring (bicyclic) bond motifs is 1. The van der Waals surface area contributed by atoms with Crippen LogP contribution in [0.3, 0.4) is 0 Å². The van der Waals surface area contributed by atoms with Gasteiger partial charge in [0.2, 0.25) is 5.91 Å². The van der Waals surface area contributed by atoms with Crippen molar-refractivity contribution < 1.29 is 14.0 Å². The molecular formula is C18H26N2O3. The fourth-order valence-electron chi connectivity index (χ4n) is 4.15. The van der Waals surface area contributed by atoms with Gasteiger partial charge in [0.15, 0.2) is 5.76 Å². The Morgan fingerprint density at radius 1 is 1.22 bits per heavy atom. The molecule has 1 aromatic rings. The van der Waals surface area contributed by atoms with Crippen LogP contribution in [0.15, 0.2) is 22.8 Å². The van der Waals surface area contributed by atoms with Crippen LogP contribution in [0, 0.1) is 11.8 Å². The molecule has 23 heavy (non-hydrogen) atoms. The minimum atomic E-state index is -0.263. The highest BCUT2D eigenvalue weighted by Crippen LogP contribution is 2.40. The topological polar surface area (TPSA) is 62.6 Å². The van der Waals surface area contributed by atoms with Gasteiger partial charge in [0.25, 0.3) is 5.91 Å². The molecule has 0 aromatic carbocycles. The zero-order valence-electron chi connectivity index (χ0n) is 13.8. The largest absolute Gasteiger partial charge is 0.459 e. The van der Waals surface area contributed by atoms with Crippen LogP contribution in [0.2, 0.25) is 0 Å². The summed E-state index contributed by atoms with van der Waals surface area (Å²) in [4.78, 5) is 25.7. The third-order valence-electron chi connectivity index (χ3n) is 5.36. The van der Waals surface area contributed by atoms with Crippen molar-refractivity contribution in [3.8, 4) is 0 Å². The van der Waals surface area contributed by atoms with Gasteiger partial charge in [-0.05, 0) is 43.2 Å². The van der Waals surface area contributed by atoms with E-state index >= 15 is 0 Å². The molecule has 1 N–H and O–H groups in total. The van der Waals surface area contributed by atoms with Gasteiger partial charge in [0.1, 0.15) is 0 Å². The van der Waals surface area contributed by atoms with E-state index in [1.54, 1.807) is 19.2 Å². The van der Waals surface area contributed by atoms with E-state index < -0.39 is 0 Å². The number of furan rings is 1. The number of carbonyl (C=O) groups is 2. The average molecular weight is 318 g/mol. The van der Waals surface area contributed by atoms with Crippen LogP contribution < -0.4 is 5.32 Å². The first kappa shape index (κ1) is 16.1. The maximum atomic E-state index is 12.2. The smallest absolute Gasteiger partial charge is 0.289 e. The van der Waals surface area contributed by atoms with Crippen LogP contribution in [0.5, 0.6) is 0 Å². The molecule has 0 aliphatic heterocycles. The molecule has 1 heterocycles. The Morgan fingerprint density at radius 2 is 2.00 bits per heavy atom. The number of rotatable bonds is 4. The van der Waals surface area contributed by atoms with E-state index in [9.17, 15) is 9.59 Å². The highest BCUT2D eigenvalue weighted by molar-refractivity contribution is 5.94. The van der Waals surface area contributed by atoms with Gasteiger partial charge in [-0.2, -0.15) is 0 Å². The summed E-state index contributed by atoms with van der Waals surface area (Å²) in [6, 6.07) is 3.55. The Labute approximate surface area is 137 Å². The monoisotopic (exact) mass is 318 g/mol. The predicted octanol–water partition coefficient (Wildman–Crippen LogP) is 2.83. The Balaban J connectivity index is 1.46. The standard InChI is InChI=1S/C18H26N2O3/c1-20(18(22)16-7-4-10-23-16)12-17(21)19-15-9-8-13-5-2-3-6-14(13)11-15/h4,7,10,13-15H,2-3,5-6,8-9,11-12H2,1H3,(H,19,21)/t13-,14-,15+/m0/s1. The maximum absolute atomic E-state index is 12.2. The highest BCUT2D eigenvalue weighted by Gasteiger charge is 2.32. The third kappa shape index (κ3) is 3.95. The number of carbonyl (C=O) groups excluding carboxylic acids is 2. The van der Waals surface area contributed by atoms with E-state index in [1.165, 1.54) is 43.3 Å². The Kier molecular flexibility index (Phi) is 5.03. The van der Waals surface area contributed by atoms with Crippen LogP contribution in [-0.2, 0) is 4.79 Å². The first-order valence-electron chi connectivity index (χ1n) is 8.72. The molecule has 0 radical (unpaired) electrons. The molecule has 3 rings (SSSR count). The molecule has 2 amide bonds. The van der Waals surface area contributed by atoms with E-state index in [0.717, 1.165) is 24.7 Å². The molecular weight excluding hydrogens is 292 g/mol. The first-order valence-corrected chi connectivity index (χ1v) is 8.72. The molecule has 0 bridgehead atoms. The fourth-order valence-corrected chi connectivity index (χ4v) is 4.15. The summed E-state index contributed by atoms with van der Waals surface area (Å²) in [6.07, 6.45) is 10.3. The Bertz CT molecular complexity index is 540. The first-order chi connectivity index (χ1) is 11.1. The lowest BCUT2D eigenvalue weighted by atomic mass is 9.69. The second kappa shape index (κ2) is 7.20. The van der Waals surface area contributed by atoms with Gasteiger partial charge < -0.3 is 14.6 Å². The summed E-state index contributed by atoms with van der Waals surface area (Å²) in [5.74, 6) is 1.58. The summed E-state index contributed by atoms with van der Waals surface area (Å²) >= 11 is 0. The summed E-state index contributed by atoms with van der Waals surface area (Å²) in [6.45, 7) is 0.0735. The third-order valence-corrected chi connectivity index (χ3v) is 5.36. The Morgan fingerprint density at radius 3 is 2.74 bits per heavy atom. The van der Waals surface area contributed by atoms with Crippen LogP contribution in [0.1, 0.15) is 55.5 Å². The van der Waals surface area contributed by atoms with E-state index in [0.29, 0.717) is 0 Å². The maximum Gasteiger partial charge on any atom is 0.289 e. The molecule has 2 aliphatic carbocycles. The lowest BCUT2D eigenvalue weighted by molar-refractivity contribution is -0.122. The Hall–Kier alpha value is -1.78. The number of nitrogens with zero attached hydrogens (tertiary/aromatic N) is 1. The zero-order chi connectivity index (χ0) is 16.2. The molecule has 2 fully saturated rings. The number of amides is 2. The quantitative estimate of drug-likeness (QED) is 0.928. The molecule has 2 saturated carbocycles. The van der Waals surface area contributed by atoms with E-state index in [1.807, 2.05) is 0 Å². The predicted molar refractivity (Wildman–Crippen MR) is 86.9 cm³/mol. The number of hydrogen-bond donors (Lipinski definition) is 1. The zero-order valence-corrected chi connectivity index (χ0v) is 13.8. The lowest BCUT2D eigenvalue weighted by Crippen LogP contribution is -2.45. The van der Waals surface area contributed by atoms with Crippen LogP contribution in [0.4, 0.5) is 0 Å². The van der Waals surface area contributed by atoms with Gasteiger partial charge in [-0.3, -0.25) is 9.59 Å². The lowest BCUT2D eigenvalue weighted by Gasteiger charge is -2.39. The van der Waals surface area contributed by atoms with Gasteiger partial charge in [-0.1, -0.05) is 25.7 Å². The fraction of sp³-hybridized carbons (Fsp3) is 0.667. The van der Waals surface area contributed by atoms with Gasteiger partial charge in [0, 0.05) is 13.1 Å². The van der Waals surface area contributed by atoms with Crippen molar-refractivity contribution >= 4 is 11.8 Å². The summed E-state index contributed by atoms with van der Waals surface area (Å²) in [5.41, 5.74) is 0. The molecule has 1 aromatic heterocycles. The van der Waals surface area contributed by atoms with Crippen molar-refractivity contribution in [2.45, 2.75) is 51.0 Å². The second-order valence-corrected chi connectivity index (χ2v) is 7.02. The average Bonchev–Trinajstić information content (AvgIpc) is 3.08. The van der Waals surface area contributed by atoms with Crippen molar-refractivity contribution in [2.24, 2.45) is 11.8 Å². The van der Waals surface area contributed by atoms with Gasteiger partial charge in [-0.25, -0.2) is 0 Å². The molecule has 3 atom stereocenters. The van der Waals surface area contributed by atoms with Crippen molar-refractivity contribution in [3.63, 3.8) is 0 Å². The molecule has 0 unspecified atom stereocenters. The highest BCUT2D eigenvalue weighted by atomic mass is 16.3. The van der Waals surface area contributed by atoms with E-state index in [2.05, 4.69) is 5.32 Å².